The van der Waals surface area contributed by atoms with E-state index in [1.54, 1.807) is 23.1 Å². The number of carbonyl (C=O) groups is 1. The molecule has 0 radical (unpaired) electrons. The fraction of sp³-hybridized carbons (Fsp3) is 0.350. The van der Waals surface area contributed by atoms with E-state index in [0.29, 0.717) is 18.8 Å². The van der Waals surface area contributed by atoms with Crippen molar-refractivity contribution in [3.05, 3.63) is 58.6 Å². The molecule has 2 aromatic rings. The summed E-state index contributed by atoms with van der Waals surface area (Å²) in [5, 5.41) is 2.90. The van der Waals surface area contributed by atoms with Crippen LogP contribution in [0.25, 0.3) is 0 Å². The van der Waals surface area contributed by atoms with E-state index < -0.39 is 10.1 Å². The molecule has 6 nitrogen and oxygen atoms in total. The molecule has 0 heterocycles. The number of carbonyl (C=O) groups excluding carboxylic acids is 1. The number of rotatable bonds is 8. The predicted octanol–water partition coefficient (Wildman–Crippen LogP) is 4.87. The number of hydrogen-bond acceptors (Lipinski definition) is 4. The van der Waals surface area contributed by atoms with Crippen LogP contribution in [0.5, 0.6) is 5.75 Å². The van der Waals surface area contributed by atoms with Crippen LogP contribution < -0.4 is 9.50 Å². The van der Waals surface area contributed by atoms with Gasteiger partial charge < -0.3 is 14.4 Å². The molecule has 28 heavy (non-hydrogen) atoms. The lowest BCUT2D eigenvalue weighted by Crippen LogP contribution is -2.37. The van der Waals surface area contributed by atoms with Crippen LogP contribution in [0.1, 0.15) is 26.3 Å². The minimum atomic E-state index is -3.59. The van der Waals surface area contributed by atoms with Crippen molar-refractivity contribution in [2.45, 2.75) is 27.3 Å². The van der Waals surface area contributed by atoms with Gasteiger partial charge >= 0.3 is 16.1 Å². The summed E-state index contributed by atoms with van der Waals surface area (Å²) < 4.78 is 29.4. The highest BCUT2D eigenvalue weighted by Crippen LogP contribution is 2.19. The van der Waals surface area contributed by atoms with Crippen LogP contribution in [0.4, 0.5) is 10.5 Å². The first-order chi connectivity index (χ1) is 13.2. The number of nitrogens with zero attached hydrogens (tertiary/aromatic N) is 1. The van der Waals surface area contributed by atoms with Crippen molar-refractivity contribution in [1.82, 2.24) is 4.90 Å². The molecule has 0 saturated heterocycles. The molecule has 0 bridgehead atoms. The summed E-state index contributed by atoms with van der Waals surface area (Å²) in [6.45, 7) is 6.49. The zero-order chi connectivity index (χ0) is 20.7. The fourth-order valence-corrected chi connectivity index (χ4v) is 3.30. The minimum absolute atomic E-state index is 0.105. The van der Waals surface area contributed by atoms with Gasteiger partial charge in [0.15, 0.2) is 0 Å². The first-order valence-corrected chi connectivity index (χ1v) is 11.4. The van der Waals surface area contributed by atoms with Gasteiger partial charge in [-0.1, -0.05) is 41.9 Å². The van der Waals surface area contributed by atoms with E-state index in [1.807, 2.05) is 44.2 Å². The van der Waals surface area contributed by atoms with Gasteiger partial charge in [-0.15, -0.1) is 0 Å². The van der Waals surface area contributed by atoms with Gasteiger partial charge in [0.1, 0.15) is 5.75 Å². The zero-order valence-electron chi connectivity index (χ0n) is 16.2. The lowest BCUT2D eigenvalue weighted by molar-refractivity contribution is 0.201. The van der Waals surface area contributed by atoms with Gasteiger partial charge in [-0.3, -0.25) is 0 Å². The number of nitrogens with one attached hydrogen (secondary N) is 1. The number of benzene rings is 2. The first kappa shape index (κ1) is 22.2. The topological polar surface area (TPSA) is 75.7 Å². The van der Waals surface area contributed by atoms with E-state index >= 15 is 0 Å². The fourth-order valence-electron chi connectivity index (χ4n) is 2.52. The van der Waals surface area contributed by atoms with Crippen molar-refractivity contribution < 1.29 is 17.4 Å². The molecule has 0 aliphatic heterocycles. The van der Waals surface area contributed by atoms with E-state index in [1.165, 1.54) is 6.92 Å². The van der Waals surface area contributed by atoms with Crippen molar-refractivity contribution >= 4 is 37.8 Å². The van der Waals surface area contributed by atoms with Gasteiger partial charge in [-0.25, -0.2) is 4.79 Å². The van der Waals surface area contributed by atoms with E-state index in [0.717, 1.165) is 10.0 Å². The molecule has 2 aromatic carbocycles. The molecular formula is C20H25BrN2O4S. The number of urea groups is 1. The van der Waals surface area contributed by atoms with E-state index in [4.69, 9.17) is 4.18 Å². The second-order valence-corrected chi connectivity index (χ2v) is 9.56. The van der Waals surface area contributed by atoms with Crippen LogP contribution in [0.3, 0.4) is 0 Å². The van der Waals surface area contributed by atoms with Crippen LogP contribution in [0.15, 0.2) is 53.0 Å². The molecule has 0 aliphatic rings. The minimum Gasteiger partial charge on any atom is -0.382 e. The molecule has 0 aliphatic carbocycles. The molecule has 2 amide bonds. The molecule has 0 atom stereocenters. The van der Waals surface area contributed by atoms with Crippen molar-refractivity contribution in [3.8, 4) is 5.75 Å². The molecule has 0 spiro atoms. The smallest absolute Gasteiger partial charge is 0.322 e. The summed E-state index contributed by atoms with van der Waals surface area (Å²) in [5.74, 6) is 0.416. The molecule has 2 rings (SSSR count). The molecule has 152 valence electrons. The zero-order valence-corrected chi connectivity index (χ0v) is 18.6. The molecular weight excluding hydrogens is 444 g/mol. The second kappa shape index (κ2) is 9.93. The molecule has 1 N–H and O–H groups in total. The average molecular weight is 469 g/mol. The Hall–Kier alpha value is -2.06. The van der Waals surface area contributed by atoms with Crippen LogP contribution in [0, 0.1) is 5.92 Å². The largest absolute Gasteiger partial charge is 0.382 e. The Morgan fingerprint density at radius 2 is 1.86 bits per heavy atom. The Balaban J connectivity index is 2.15. The summed E-state index contributed by atoms with van der Waals surface area (Å²) in [6, 6.07) is 13.9. The third-order valence-corrected chi connectivity index (χ3v) is 5.50. The van der Waals surface area contributed by atoms with Crippen molar-refractivity contribution in [2.75, 3.05) is 17.6 Å². The molecule has 8 heteroatoms. The Kier molecular flexibility index (Phi) is 7.88. The third kappa shape index (κ3) is 7.16. The summed E-state index contributed by atoms with van der Waals surface area (Å²) in [4.78, 5) is 14.5. The maximum absolute atomic E-state index is 12.8. The number of anilines is 1. The third-order valence-electron chi connectivity index (χ3n) is 3.82. The van der Waals surface area contributed by atoms with Crippen LogP contribution in [-0.4, -0.2) is 31.6 Å². The standard InChI is InChI=1S/C20H25BrN2O4S/c1-4-28(25,26)27-19-7-5-6-16(12-19)14-23(13-15(2)3)20(24)22-18-10-8-17(21)9-11-18/h5-12,15H,4,13-14H2,1-3H3,(H,22,24). The number of hydrogen-bond donors (Lipinski definition) is 1. The van der Waals surface area contributed by atoms with Crippen molar-refractivity contribution in [3.63, 3.8) is 0 Å². The lowest BCUT2D eigenvalue weighted by Gasteiger charge is -2.25. The normalized spacial score (nSPS) is 11.3. The second-order valence-electron chi connectivity index (χ2n) is 6.79. The Bertz CT molecular complexity index is 899. The van der Waals surface area contributed by atoms with Crippen molar-refractivity contribution in [2.24, 2.45) is 5.92 Å². The number of halogens is 1. The van der Waals surface area contributed by atoms with Crippen molar-refractivity contribution in [1.29, 1.82) is 0 Å². The van der Waals surface area contributed by atoms with Gasteiger partial charge in [0, 0.05) is 23.2 Å². The maximum Gasteiger partial charge on any atom is 0.322 e. The first-order valence-electron chi connectivity index (χ1n) is 9.01. The summed E-state index contributed by atoms with van der Waals surface area (Å²) in [5.41, 5.74) is 1.49. The van der Waals surface area contributed by atoms with E-state index in [-0.39, 0.29) is 23.5 Å². The maximum atomic E-state index is 12.8. The SMILES string of the molecule is CCS(=O)(=O)Oc1cccc(CN(CC(C)C)C(=O)Nc2ccc(Br)cc2)c1. The summed E-state index contributed by atoms with van der Waals surface area (Å²) >= 11 is 3.37. The van der Waals surface area contributed by atoms with Gasteiger partial charge in [0.25, 0.3) is 0 Å². The Labute approximate surface area is 175 Å². The summed E-state index contributed by atoms with van der Waals surface area (Å²) in [7, 11) is -3.59. The Morgan fingerprint density at radius 1 is 1.18 bits per heavy atom. The highest BCUT2D eigenvalue weighted by Gasteiger charge is 2.17. The molecule has 0 saturated carbocycles. The average Bonchev–Trinajstić information content (AvgIpc) is 2.62. The van der Waals surface area contributed by atoms with E-state index in [2.05, 4.69) is 21.2 Å². The van der Waals surface area contributed by atoms with Crippen LogP contribution in [-0.2, 0) is 16.7 Å². The lowest BCUT2D eigenvalue weighted by atomic mass is 10.1. The molecule has 0 unspecified atom stereocenters. The van der Waals surface area contributed by atoms with Gasteiger partial charge in [-0.05, 0) is 54.8 Å². The van der Waals surface area contributed by atoms with Gasteiger partial charge in [-0.2, -0.15) is 8.42 Å². The predicted molar refractivity (Wildman–Crippen MR) is 115 cm³/mol. The molecule has 0 aromatic heterocycles. The highest BCUT2D eigenvalue weighted by atomic mass is 79.9. The monoisotopic (exact) mass is 468 g/mol. The van der Waals surface area contributed by atoms with Crippen LogP contribution >= 0.6 is 15.9 Å². The van der Waals surface area contributed by atoms with Gasteiger partial charge in [0.05, 0.1) is 5.75 Å². The number of amides is 2. The highest BCUT2D eigenvalue weighted by molar-refractivity contribution is 9.10. The van der Waals surface area contributed by atoms with Crippen LogP contribution in [0.2, 0.25) is 0 Å². The summed E-state index contributed by atoms with van der Waals surface area (Å²) in [6.07, 6.45) is 0. The van der Waals surface area contributed by atoms with Gasteiger partial charge in [0.2, 0.25) is 0 Å². The van der Waals surface area contributed by atoms with E-state index in [9.17, 15) is 13.2 Å². The Morgan fingerprint density at radius 3 is 2.46 bits per heavy atom. The molecule has 0 fully saturated rings. The quantitative estimate of drug-likeness (QED) is 0.560.